The Balaban J connectivity index is 1.47. The second kappa shape index (κ2) is 7.87. The number of ether oxygens (including phenoxy) is 1. The van der Waals surface area contributed by atoms with Crippen LogP contribution >= 0.6 is 0 Å². The van der Waals surface area contributed by atoms with Crippen molar-refractivity contribution in [3.05, 3.63) is 80.5 Å². The van der Waals surface area contributed by atoms with Crippen LogP contribution in [-0.2, 0) is 19.6 Å². The van der Waals surface area contributed by atoms with Gasteiger partial charge in [-0.2, -0.15) is 4.68 Å². The number of non-ortho nitro benzene ring substituents is 1. The smallest absolute Gasteiger partial charge is 0.406 e. The number of aromatic nitrogens is 3. The monoisotopic (exact) mass is 435 g/mol. The first-order valence-electron chi connectivity index (χ1n) is 9.20. The van der Waals surface area contributed by atoms with E-state index in [2.05, 4.69) is 9.84 Å². The van der Waals surface area contributed by atoms with Gasteiger partial charge in [-0.3, -0.25) is 19.6 Å². The second-order valence-electron chi connectivity index (χ2n) is 6.94. The highest BCUT2D eigenvalue weighted by molar-refractivity contribution is 5.40. The normalized spacial score (nSPS) is 14.3. The Morgan fingerprint density at radius 2 is 1.74 bits per heavy atom. The fourth-order valence-electron chi connectivity index (χ4n) is 3.37. The van der Waals surface area contributed by atoms with Gasteiger partial charge in [0, 0.05) is 31.8 Å². The van der Waals surface area contributed by atoms with Gasteiger partial charge in [-0.15, -0.1) is 18.3 Å². The van der Waals surface area contributed by atoms with Crippen molar-refractivity contribution in [2.45, 2.75) is 26.0 Å². The van der Waals surface area contributed by atoms with E-state index in [1.54, 1.807) is 12.1 Å². The molecule has 0 unspecified atom stereocenters. The summed E-state index contributed by atoms with van der Waals surface area (Å²) in [6, 6.07) is 11.1. The number of fused-ring (bicyclic) bond motifs is 1. The molecule has 0 aliphatic carbocycles. The maximum atomic E-state index is 12.7. The van der Waals surface area contributed by atoms with Crippen molar-refractivity contribution in [1.82, 2.24) is 19.2 Å². The number of nitrogens with zero attached hydrogens (tertiary/aromatic N) is 5. The molecule has 0 N–H and O–H groups in total. The summed E-state index contributed by atoms with van der Waals surface area (Å²) in [4.78, 5) is 24.9. The Hall–Kier alpha value is -3.67. The van der Waals surface area contributed by atoms with Crippen LogP contribution in [0.5, 0.6) is 5.75 Å². The highest BCUT2D eigenvalue weighted by Gasteiger charge is 2.31. The lowest BCUT2D eigenvalue weighted by Gasteiger charge is -2.26. The van der Waals surface area contributed by atoms with Crippen molar-refractivity contribution in [2.24, 2.45) is 0 Å². The van der Waals surface area contributed by atoms with E-state index in [0.717, 1.165) is 5.56 Å². The summed E-state index contributed by atoms with van der Waals surface area (Å²) < 4.78 is 43.4. The highest BCUT2D eigenvalue weighted by atomic mass is 19.4. The van der Waals surface area contributed by atoms with Crippen LogP contribution in [0.3, 0.4) is 0 Å². The molecule has 0 fully saturated rings. The maximum absolute atomic E-state index is 12.7. The number of nitro benzene ring substituents is 1. The molecular weight excluding hydrogens is 419 g/mol. The largest absolute Gasteiger partial charge is 0.573 e. The second-order valence-corrected chi connectivity index (χ2v) is 6.94. The van der Waals surface area contributed by atoms with E-state index in [-0.39, 0.29) is 17.1 Å². The number of alkyl halides is 3. The minimum absolute atomic E-state index is 0.0846. The van der Waals surface area contributed by atoms with Gasteiger partial charge in [0.15, 0.2) is 0 Å². The standard InChI is InChI=1S/C19H16F3N5O4/c20-19(21,22)31-16-7-1-13(2-8-16)11-24-9-10-25-17(12-24)23-26(18(25)28)14-3-5-15(6-4-14)27(29)30/h1-8H,9-12H2. The van der Waals surface area contributed by atoms with E-state index in [1.807, 2.05) is 4.90 Å². The third kappa shape index (κ3) is 4.58. The van der Waals surface area contributed by atoms with Crippen LogP contribution in [0, 0.1) is 10.1 Å². The number of benzene rings is 2. The van der Waals surface area contributed by atoms with Crippen LogP contribution < -0.4 is 10.4 Å². The number of rotatable bonds is 5. The molecule has 4 rings (SSSR count). The molecule has 0 saturated heterocycles. The van der Waals surface area contributed by atoms with Crippen LogP contribution in [0.2, 0.25) is 0 Å². The predicted molar refractivity (Wildman–Crippen MR) is 102 cm³/mol. The lowest BCUT2D eigenvalue weighted by atomic mass is 10.2. The summed E-state index contributed by atoms with van der Waals surface area (Å²) in [6.45, 7) is 1.79. The van der Waals surface area contributed by atoms with E-state index < -0.39 is 11.3 Å². The van der Waals surface area contributed by atoms with Crippen molar-refractivity contribution in [1.29, 1.82) is 0 Å². The molecule has 31 heavy (non-hydrogen) atoms. The molecule has 12 heteroatoms. The van der Waals surface area contributed by atoms with Gasteiger partial charge in [0.05, 0.1) is 17.2 Å². The van der Waals surface area contributed by atoms with Crippen molar-refractivity contribution in [3.63, 3.8) is 0 Å². The average Bonchev–Trinajstić information content (AvgIpc) is 3.04. The molecule has 0 spiro atoms. The van der Waals surface area contributed by atoms with Gasteiger partial charge in [0.1, 0.15) is 11.6 Å². The molecule has 2 heterocycles. The van der Waals surface area contributed by atoms with Crippen molar-refractivity contribution >= 4 is 5.69 Å². The van der Waals surface area contributed by atoms with Gasteiger partial charge in [0.25, 0.3) is 5.69 Å². The molecule has 1 aromatic heterocycles. The van der Waals surface area contributed by atoms with Gasteiger partial charge in [0.2, 0.25) is 0 Å². The van der Waals surface area contributed by atoms with Crippen molar-refractivity contribution < 1.29 is 22.8 Å². The Labute approximate surface area is 173 Å². The van der Waals surface area contributed by atoms with Crippen molar-refractivity contribution in [3.8, 4) is 11.4 Å². The summed E-state index contributed by atoms with van der Waals surface area (Å²) in [7, 11) is 0. The number of hydrogen-bond acceptors (Lipinski definition) is 6. The fraction of sp³-hybridized carbons (Fsp3) is 0.263. The molecule has 1 aliphatic rings. The molecule has 0 amide bonds. The van der Waals surface area contributed by atoms with E-state index in [0.29, 0.717) is 37.7 Å². The number of nitro groups is 1. The third-order valence-electron chi connectivity index (χ3n) is 4.81. The number of hydrogen-bond donors (Lipinski definition) is 0. The molecular formula is C19H16F3N5O4. The highest BCUT2D eigenvalue weighted by Crippen LogP contribution is 2.23. The predicted octanol–water partition coefficient (Wildman–Crippen LogP) is 2.86. The third-order valence-corrected chi connectivity index (χ3v) is 4.81. The summed E-state index contributed by atoms with van der Waals surface area (Å²) in [6.07, 6.45) is -4.74. The van der Waals surface area contributed by atoms with Gasteiger partial charge >= 0.3 is 12.1 Å². The van der Waals surface area contributed by atoms with Crippen LogP contribution in [-0.4, -0.2) is 37.1 Å². The van der Waals surface area contributed by atoms with Gasteiger partial charge in [-0.25, -0.2) is 4.79 Å². The van der Waals surface area contributed by atoms with Crippen molar-refractivity contribution in [2.75, 3.05) is 6.54 Å². The Morgan fingerprint density at radius 1 is 1.06 bits per heavy atom. The zero-order chi connectivity index (χ0) is 22.2. The first-order chi connectivity index (χ1) is 14.7. The summed E-state index contributed by atoms with van der Waals surface area (Å²) in [5.41, 5.74) is 0.792. The average molecular weight is 435 g/mol. The molecule has 0 radical (unpaired) electrons. The molecule has 1 aliphatic heterocycles. The first-order valence-corrected chi connectivity index (χ1v) is 9.20. The quantitative estimate of drug-likeness (QED) is 0.452. The Bertz CT molecular complexity index is 1150. The zero-order valence-corrected chi connectivity index (χ0v) is 16.0. The maximum Gasteiger partial charge on any atom is 0.573 e. The summed E-state index contributed by atoms with van der Waals surface area (Å²) >= 11 is 0. The lowest BCUT2D eigenvalue weighted by Crippen LogP contribution is -2.37. The van der Waals surface area contributed by atoms with Crippen LogP contribution in [0.1, 0.15) is 11.4 Å². The molecule has 2 aromatic carbocycles. The summed E-state index contributed by atoms with van der Waals surface area (Å²) in [5, 5.41) is 15.1. The molecule has 0 bridgehead atoms. The first kappa shape index (κ1) is 20.6. The van der Waals surface area contributed by atoms with Gasteiger partial charge in [-0.05, 0) is 29.8 Å². The topological polar surface area (TPSA) is 95.4 Å². The lowest BCUT2D eigenvalue weighted by molar-refractivity contribution is -0.384. The van der Waals surface area contributed by atoms with Crippen LogP contribution in [0.4, 0.5) is 18.9 Å². The van der Waals surface area contributed by atoms with Gasteiger partial charge < -0.3 is 4.74 Å². The summed E-state index contributed by atoms with van der Waals surface area (Å²) in [5.74, 6) is 0.247. The molecule has 3 aromatic rings. The zero-order valence-electron chi connectivity index (χ0n) is 16.0. The van der Waals surface area contributed by atoms with E-state index in [1.165, 1.54) is 45.6 Å². The van der Waals surface area contributed by atoms with E-state index >= 15 is 0 Å². The molecule has 0 atom stereocenters. The SMILES string of the molecule is O=c1n(-c2ccc([N+](=O)[O-])cc2)nc2n1CCN(Cc1ccc(OC(F)(F)F)cc1)C2. The van der Waals surface area contributed by atoms with Gasteiger partial charge in [-0.1, -0.05) is 12.1 Å². The van der Waals surface area contributed by atoms with E-state index in [4.69, 9.17) is 0 Å². The molecule has 162 valence electrons. The van der Waals surface area contributed by atoms with E-state index in [9.17, 15) is 28.1 Å². The molecule has 0 saturated carbocycles. The number of halogens is 3. The minimum atomic E-state index is -4.74. The van der Waals surface area contributed by atoms with Crippen LogP contribution in [0.15, 0.2) is 53.3 Å². The van der Waals surface area contributed by atoms with Crippen LogP contribution in [0.25, 0.3) is 5.69 Å². The molecule has 9 nitrogen and oxygen atoms in total. The Morgan fingerprint density at radius 3 is 2.35 bits per heavy atom. The fourth-order valence-corrected chi connectivity index (χ4v) is 3.37. The Kier molecular flexibility index (Phi) is 5.23. The minimum Gasteiger partial charge on any atom is -0.406 e.